The summed E-state index contributed by atoms with van der Waals surface area (Å²) in [5.41, 5.74) is -0.0590. The molecule has 0 unspecified atom stereocenters. The molecule has 0 aliphatic heterocycles. The third-order valence-electron chi connectivity index (χ3n) is 1.01. The van der Waals surface area contributed by atoms with Crippen LogP contribution in [0.2, 0.25) is 0 Å². The second kappa shape index (κ2) is 3.38. The zero-order valence-electron chi connectivity index (χ0n) is 6.39. The fraction of sp³-hybridized carbons (Fsp3) is 0.714. The normalized spacial score (nSPS) is 12.3. The predicted molar refractivity (Wildman–Crippen MR) is 39.7 cm³/mol. The summed E-state index contributed by atoms with van der Waals surface area (Å²) in [5, 5.41) is 7.70. The van der Waals surface area contributed by atoms with E-state index in [2.05, 4.69) is 16.8 Å². The van der Waals surface area contributed by atoms with Gasteiger partial charge >= 0.3 is 0 Å². The maximum atomic E-state index is 4.00. The molecule has 0 radical (unpaired) electrons. The van der Waals surface area contributed by atoms with Crippen molar-refractivity contribution in [2.45, 2.75) is 25.8 Å². The number of rotatable bonds is 3. The SMILES string of the molecule is C=CCC(C)(C)N=NC. The van der Waals surface area contributed by atoms with Crippen LogP contribution >= 0.6 is 0 Å². The molecular weight excluding hydrogens is 112 g/mol. The summed E-state index contributed by atoms with van der Waals surface area (Å²) in [6.45, 7) is 7.69. The summed E-state index contributed by atoms with van der Waals surface area (Å²) in [6, 6.07) is 0. The average Bonchev–Trinajstić information content (AvgIpc) is 1.64. The van der Waals surface area contributed by atoms with E-state index in [1.807, 2.05) is 19.9 Å². The lowest BCUT2D eigenvalue weighted by Crippen LogP contribution is -2.13. The molecule has 0 fully saturated rings. The molecule has 0 aromatic rings. The maximum Gasteiger partial charge on any atom is 0.0794 e. The van der Waals surface area contributed by atoms with Crippen LogP contribution in [0, 0.1) is 0 Å². The van der Waals surface area contributed by atoms with E-state index < -0.39 is 0 Å². The number of hydrogen-bond acceptors (Lipinski definition) is 2. The molecule has 0 spiro atoms. The van der Waals surface area contributed by atoms with Crippen LogP contribution in [0.15, 0.2) is 22.9 Å². The minimum Gasteiger partial charge on any atom is -0.197 e. The molecule has 0 aliphatic carbocycles. The molecule has 0 aromatic heterocycles. The molecule has 0 N–H and O–H groups in total. The van der Waals surface area contributed by atoms with Crippen LogP contribution in [0.1, 0.15) is 20.3 Å². The van der Waals surface area contributed by atoms with E-state index in [4.69, 9.17) is 0 Å². The third kappa shape index (κ3) is 3.88. The fourth-order valence-corrected chi connectivity index (χ4v) is 0.665. The van der Waals surface area contributed by atoms with E-state index >= 15 is 0 Å². The van der Waals surface area contributed by atoms with Gasteiger partial charge in [-0.15, -0.1) is 6.58 Å². The van der Waals surface area contributed by atoms with Crippen LogP contribution < -0.4 is 0 Å². The zero-order valence-corrected chi connectivity index (χ0v) is 6.39. The standard InChI is InChI=1S/C7H14N2/c1-5-6-7(2,3)9-8-4/h5H,1,6H2,2-4H3. The summed E-state index contributed by atoms with van der Waals surface area (Å²) in [7, 11) is 1.69. The first-order chi connectivity index (χ1) is 4.12. The Morgan fingerprint density at radius 3 is 2.44 bits per heavy atom. The fourth-order valence-electron chi connectivity index (χ4n) is 0.665. The number of azo groups is 1. The Bertz CT molecular complexity index is 114. The minimum absolute atomic E-state index is 0.0590. The lowest BCUT2D eigenvalue weighted by atomic mass is 10.0. The molecule has 0 aromatic carbocycles. The predicted octanol–water partition coefficient (Wildman–Crippen LogP) is 2.42. The number of hydrogen-bond donors (Lipinski definition) is 0. The van der Waals surface area contributed by atoms with E-state index in [-0.39, 0.29) is 5.54 Å². The molecule has 9 heavy (non-hydrogen) atoms. The van der Waals surface area contributed by atoms with Gasteiger partial charge in [0.05, 0.1) is 5.54 Å². The largest absolute Gasteiger partial charge is 0.197 e. The van der Waals surface area contributed by atoms with Gasteiger partial charge in [-0.2, -0.15) is 10.2 Å². The van der Waals surface area contributed by atoms with Crippen LogP contribution in [0.25, 0.3) is 0 Å². The summed E-state index contributed by atoms with van der Waals surface area (Å²) in [5.74, 6) is 0. The average molecular weight is 126 g/mol. The zero-order chi connectivity index (χ0) is 7.33. The molecule has 0 saturated heterocycles. The van der Waals surface area contributed by atoms with E-state index in [9.17, 15) is 0 Å². The summed E-state index contributed by atoms with van der Waals surface area (Å²) in [6.07, 6.45) is 2.74. The van der Waals surface area contributed by atoms with E-state index in [1.165, 1.54) is 0 Å². The highest BCUT2D eigenvalue weighted by atomic mass is 15.1. The second-order valence-corrected chi connectivity index (χ2v) is 2.61. The van der Waals surface area contributed by atoms with Crippen LogP contribution in [0.3, 0.4) is 0 Å². The topological polar surface area (TPSA) is 24.7 Å². The van der Waals surface area contributed by atoms with Crippen LogP contribution in [0.4, 0.5) is 0 Å². The quantitative estimate of drug-likeness (QED) is 0.410. The Kier molecular flexibility index (Phi) is 3.13. The van der Waals surface area contributed by atoms with Crippen LogP contribution in [-0.4, -0.2) is 12.6 Å². The van der Waals surface area contributed by atoms with Crippen molar-refractivity contribution in [3.8, 4) is 0 Å². The highest BCUT2D eigenvalue weighted by Crippen LogP contribution is 2.13. The minimum atomic E-state index is -0.0590. The summed E-state index contributed by atoms with van der Waals surface area (Å²) < 4.78 is 0. The van der Waals surface area contributed by atoms with Crippen molar-refractivity contribution >= 4 is 0 Å². The van der Waals surface area contributed by atoms with Gasteiger partial charge in [-0.25, -0.2) is 0 Å². The van der Waals surface area contributed by atoms with Crippen molar-refractivity contribution < 1.29 is 0 Å². The molecule has 0 saturated carbocycles. The van der Waals surface area contributed by atoms with Gasteiger partial charge < -0.3 is 0 Å². The molecule has 0 aliphatic rings. The lowest BCUT2D eigenvalue weighted by molar-refractivity contribution is 0.501. The molecule has 0 heterocycles. The van der Waals surface area contributed by atoms with Crippen LogP contribution in [0.5, 0.6) is 0 Å². The molecule has 2 heteroatoms. The van der Waals surface area contributed by atoms with Crippen LogP contribution in [-0.2, 0) is 0 Å². The molecular formula is C7H14N2. The Morgan fingerprint density at radius 1 is 1.56 bits per heavy atom. The second-order valence-electron chi connectivity index (χ2n) is 2.61. The van der Waals surface area contributed by atoms with Gasteiger partial charge in [-0.3, -0.25) is 0 Å². The van der Waals surface area contributed by atoms with Gasteiger partial charge in [0.2, 0.25) is 0 Å². The first-order valence-corrected chi connectivity index (χ1v) is 3.04. The smallest absolute Gasteiger partial charge is 0.0794 e. The van der Waals surface area contributed by atoms with Crippen molar-refractivity contribution in [2.75, 3.05) is 7.05 Å². The molecule has 0 atom stereocenters. The van der Waals surface area contributed by atoms with Gasteiger partial charge in [0.15, 0.2) is 0 Å². The monoisotopic (exact) mass is 126 g/mol. The van der Waals surface area contributed by atoms with E-state index in [0.29, 0.717) is 0 Å². The van der Waals surface area contributed by atoms with E-state index in [1.54, 1.807) is 7.05 Å². The first kappa shape index (κ1) is 8.34. The Morgan fingerprint density at radius 2 is 2.11 bits per heavy atom. The molecule has 2 nitrogen and oxygen atoms in total. The van der Waals surface area contributed by atoms with Crippen molar-refractivity contribution in [1.82, 2.24) is 0 Å². The van der Waals surface area contributed by atoms with Crippen molar-refractivity contribution in [2.24, 2.45) is 10.2 Å². The van der Waals surface area contributed by atoms with Gasteiger partial charge in [-0.1, -0.05) is 6.08 Å². The Hall–Kier alpha value is -0.660. The molecule has 0 rings (SSSR count). The van der Waals surface area contributed by atoms with Crippen molar-refractivity contribution in [1.29, 1.82) is 0 Å². The van der Waals surface area contributed by atoms with Gasteiger partial charge in [0, 0.05) is 7.05 Å². The Labute approximate surface area is 56.7 Å². The van der Waals surface area contributed by atoms with Crippen molar-refractivity contribution in [3.05, 3.63) is 12.7 Å². The summed E-state index contributed by atoms with van der Waals surface area (Å²) in [4.78, 5) is 0. The first-order valence-electron chi connectivity index (χ1n) is 3.04. The maximum absolute atomic E-state index is 4.00. The van der Waals surface area contributed by atoms with Crippen molar-refractivity contribution in [3.63, 3.8) is 0 Å². The third-order valence-corrected chi connectivity index (χ3v) is 1.01. The number of nitrogens with zero attached hydrogens (tertiary/aromatic N) is 2. The highest BCUT2D eigenvalue weighted by Gasteiger charge is 2.12. The molecule has 52 valence electrons. The van der Waals surface area contributed by atoms with Gasteiger partial charge in [0.1, 0.15) is 0 Å². The molecule has 0 amide bonds. The lowest BCUT2D eigenvalue weighted by Gasteiger charge is -2.13. The van der Waals surface area contributed by atoms with Gasteiger partial charge in [-0.05, 0) is 20.3 Å². The molecule has 0 bridgehead atoms. The Balaban J connectivity index is 3.84. The summed E-state index contributed by atoms with van der Waals surface area (Å²) >= 11 is 0. The van der Waals surface area contributed by atoms with Gasteiger partial charge in [0.25, 0.3) is 0 Å². The van der Waals surface area contributed by atoms with E-state index in [0.717, 1.165) is 6.42 Å². The highest BCUT2D eigenvalue weighted by molar-refractivity contribution is 4.84.